The van der Waals surface area contributed by atoms with E-state index in [1.807, 2.05) is 0 Å². The molecule has 4 heterocycles. The Balaban J connectivity index is 1.10. The number of esters is 2. The Morgan fingerprint density at radius 3 is 1.63 bits per heavy atom. The molecule has 0 radical (unpaired) electrons. The number of fused-ring (bicyclic) bond motifs is 1. The molecule has 3 fully saturated rings. The second-order valence-corrected chi connectivity index (χ2v) is 18.4. The number of phenols is 4. The van der Waals surface area contributed by atoms with Crippen LogP contribution in [-0.4, -0.2) is 209 Å². The van der Waals surface area contributed by atoms with Crippen LogP contribution < -0.4 is 14.2 Å². The van der Waals surface area contributed by atoms with Crippen LogP contribution in [0.25, 0.3) is 18.2 Å². The van der Waals surface area contributed by atoms with Crippen molar-refractivity contribution < 1.29 is 128 Å². The topological polar surface area (TPSA) is 402 Å². The summed E-state index contributed by atoms with van der Waals surface area (Å²) in [6.07, 6.45) is -23.2. The van der Waals surface area contributed by atoms with Gasteiger partial charge in [0.1, 0.15) is 103 Å². The SMILES string of the molecule is COc1cc(/C=C/C(=O)OC[C@@H]2O[C@@H](O[C@H]3[C@H](OC4=Cc5c(O[C@@H]6O[C@H](CO)[C@@H](O)[C@H](O)[C@H]6O)cc(O)cc5[OH+]C4c4ccc(O)cc4)O[C@H](COC(=O)/C=C/c4ccc(O)c(OC)c4)[C@@H](O)[C@@H]3O)[C@@H](O)[C@@H](O)[C@@H]2O)ccc1O. The quantitative estimate of drug-likeness (QED) is 0.0330. The van der Waals surface area contributed by atoms with E-state index in [0.717, 1.165) is 18.2 Å². The van der Waals surface area contributed by atoms with E-state index in [1.54, 1.807) is 0 Å². The highest BCUT2D eigenvalue weighted by Crippen LogP contribution is 2.47. The lowest BCUT2D eigenvalue weighted by Crippen LogP contribution is -2.64. The number of aliphatic hydroxyl groups excluding tert-OH is 9. The van der Waals surface area contributed by atoms with Gasteiger partial charge in [0.25, 0.3) is 11.9 Å². The molecule has 4 aliphatic heterocycles. The number of hydrogen-bond acceptors (Lipinski definition) is 25. The molecule has 8 rings (SSSR count). The Kier molecular flexibility index (Phi) is 18.5. The second-order valence-electron chi connectivity index (χ2n) is 18.4. The molecule has 4 aromatic carbocycles. The first kappa shape index (κ1) is 57.9. The van der Waals surface area contributed by atoms with Crippen LogP contribution in [-0.2, 0) is 42.7 Å². The molecule has 0 saturated carbocycles. The third-order valence-electron chi connectivity index (χ3n) is 13.1. The Morgan fingerprint density at radius 2 is 1.08 bits per heavy atom. The van der Waals surface area contributed by atoms with Crippen LogP contribution in [0.3, 0.4) is 0 Å². The predicted molar refractivity (Wildman–Crippen MR) is 266 cm³/mol. The van der Waals surface area contributed by atoms with Gasteiger partial charge in [0.05, 0.1) is 32.5 Å². The van der Waals surface area contributed by atoms with E-state index in [4.69, 9.17) is 52.1 Å². The largest absolute Gasteiger partial charge is 0.571 e. The molecule has 0 spiro atoms. The summed E-state index contributed by atoms with van der Waals surface area (Å²) < 4.78 is 61.8. The number of benzene rings is 4. The van der Waals surface area contributed by atoms with Crippen LogP contribution >= 0.6 is 0 Å². The zero-order valence-corrected chi connectivity index (χ0v) is 41.8. The van der Waals surface area contributed by atoms with E-state index in [9.17, 15) is 76.0 Å². The Bertz CT molecular complexity index is 2850. The maximum Gasteiger partial charge on any atom is 0.330 e. The zero-order valence-electron chi connectivity index (χ0n) is 41.8. The van der Waals surface area contributed by atoms with Crippen molar-refractivity contribution in [3.8, 4) is 46.0 Å². The lowest BCUT2D eigenvalue weighted by atomic mass is 9.97. The third-order valence-corrected chi connectivity index (χ3v) is 13.1. The number of aliphatic hydroxyl groups is 10. The van der Waals surface area contributed by atoms with Gasteiger partial charge in [-0.15, -0.1) is 0 Å². The molecule has 14 N–H and O–H groups in total. The van der Waals surface area contributed by atoms with Crippen molar-refractivity contribution in [2.24, 2.45) is 0 Å². The van der Waals surface area contributed by atoms with Gasteiger partial charge in [0.15, 0.2) is 41.2 Å². The predicted octanol–water partition coefficient (Wildman–Crippen LogP) is -0.789. The summed E-state index contributed by atoms with van der Waals surface area (Å²) in [6.45, 7) is -2.30. The van der Waals surface area contributed by atoms with Crippen molar-refractivity contribution in [2.45, 2.75) is 98.2 Å². The van der Waals surface area contributed by atoms with Crippen LogP contribution in [0, 0.1) is 0 Å². The molecule has 4 aromatic rings. The van der Waals surface area contributed by atoms with Crippen LogP contribution in [0.2, 0.25) is 0 Å². The first-order valence-electron chi connectivity index (χ1n) is 24.3. The number of hydrogen-bond donors (Lipinski definition) is 13. The highest BCUT2D eigenvalue weighted by Gasteiger charge is 2.53. The fourth-order valence-electron chi connectivity index (χ4n) is 8.74. The molecule has 16 atom stereocenters. The van der Waals surface area contributed by atoms with E-state index >= 15 is 0 Å². The normalized spacial score (nSPS) is 30.6. The molecule has 0 bridgehead atoms. The van der Waals surface area contributed by atoms with Crippen LogP contribution in [0.15, 0.2) is 90.7 Å². The number of carbonyl (C=O) groups is 2. The lowest BCUT2D eigenvalue weighted by Gasteiger charge is -2.46. The highest BCUT2D eigenvalue weighted by molar-refractivity contribution is 5.87. The average Bonchev–Trinajstić information content (AvgIpc) is 3.47. The maximum atomic E-state index is 13.1. The van der Waals surface area contributed by atoms with Crippen LogP contribution in [0.1, 0.15) is 28.4 Å². The summed E-state index contributed by atoms with van der Waals surface area (Å²) in [4.78, 5) is 25.9. The summed E-state index contributed by atoms with van der Waals surface area (Å²) in [7, 11) is 2.67. The van der Waals surface area contributed by atoms with Crippen molar-refractivity contribution in [1.29, 1.82) is 0 Å². The van der Waals surface area contributed by atoms with Crippen molar-refractivity contribution in [2.75, 3.05) is 34.0 Å². The molecule has 26 nitrogen and oxygen atoms in total. The van der Waals surface area contributed by atoms with Gasteiger partial charge < -0.3 is 118 Å². The molecule has 26 heteroatoms. The lowest BCUT2D eigenvalue weighted by molar-refractivity contribution is -0.364. The number of rotatable bonds is 18. The Morgan fingerprint density at radius 1 is 0.557 bits per heavy atom. The molecule has 79 heavy (non-hydrogen) atoms. The minimum Gasteiger partial charge on any atom is -0.571 e. The molecule has 1 unspecified atom stereocenters. The van der Waals surface area contributed by atoms with Crippen LogP contribution in [0.5, 0.6) is 46.0 Å². The minimum atomic E-state index is -2.11. The standard InChI is InChI=1S/C53H58O26/c1-69-33-15-23(3-11-29(33)57)5-13-39(59)71-21-37-42(62)45(65)48(68)52(77-37)79-50-46(66)43(63)38(22-72-40(60)14-6-24-4-12-30(58)34(16-24)70-2)78-53(50)75-35-19-28-31(73-49(35)25-7-9-26(55)10-8-25)17-27(56)18-32(28)74-51-47(67)44(64)41(61)36(20-54)76-51/h3-19,36-38,41-58,61-68H,20-22H2,1-2H3/p+1/b13-5+,14-6+/t36-,37+,38-,41-,42-,43-,44+,45+,46+,47-,48+,49?,50-,51-,52+,53-/m1/s1. The van der Waals surface area contributed by atoms with E-state index in [0.29, 0.717) is 16.7 Å². The third kappa shape index (κ3) is 13.3. The second kappa shape index (κ2) is 25.2. The van der Waals surface area contributed by atoms with Crippen molar-refractivity contribution in [1.82, 2.24) is 0 Å². The van der Waals surface area contributed by atoms with Gasteiger partial charge >= 0.3 is 11.9 Å². The summed E-state index contributed by atoms with van der Waals surface area (Å²) in [5.74, 6) is -2.98. The summed E-state index contributed by atoms with van der Waals surface area (Å²) in [5.41, 5.74) is 1.19. The molecular weight excluding hydrogens is 1050 g/mol. The number of methoxy groups -OCH3 is 2. The van der Waals surface area contributed by atoms with Crippen molar-refractivity contribution >= 4 is 30.2 Å². The van der Waals surface area contributed by atoms with Gasteiger partial charge in [-0.25, -0.2) is 9.59 Å². The van der Waals surface area contributed by atoms with Gasteiger partial charge in [-0.1, -0.05) is 12.1 Å². The fraction of sp³-hybridized carbons (Fsp3) is 0.396. The number of phenolic OH excluding ortho intramolecular Hbond substituents is 4. The van der Waals surface area contributed by atoms with E-state index in [2.05, 4.69) is 0 Å². The zero-order chi connectivity index (χ0) is 56.8. The number of aromatic hydroxyl groups is 5. The molecule has 426 valence electrons. The van der Waals surface area contributed by atoms with E-state index in [-0.39, 0.29) is 51.6 Å². The van der Waals surface area contributed by atoms with Gasteiger partial charge in [0, 0.05) is 24.3 Å². The molecule has 4 aliphatic rings. The van der Waals surface area contributed by atoms with Crippen molar-refractivity contribution in [3.63, 3.8) is 0 Å². The smallest absolute Gasteiger partial charge is 0.330 e. The first-order valence-corrected chi connectivity index (χ1v) is 24.3. The molecular formula is C53H59O26+. The van der Waals surface area contributed by atoms with Gasteiger partial charge in [0.2, 0.25) is 12.6 Å². The maximum absolute atomic E-state index is 13.1. The van der Waals surface area contributed by atoms with Crippen molar-refractivity contribution in [3.05, 3.63) is 113 Å². The van der Waals surface area contributed by atoms with Crippen LogP contribution in [0.4, 0.5) is 0 Å². The summed E-state index contributed by atoms with van der Waals surface area (Å²) in [6, 6.07) is 16.4. The number of carbonyl (C=O) groups excluding carboxylic acids is 2. The van der Waals surface area contributed by atoms with Gasteiger partial charge in [-0.05, 0) is 71.8 Å². The van der Waals surface area contributed by atoms with E-state index in [1.165, 1.54) is 99.2 Å². The molecule has 0 amide bonds. The average molecular weight is 1110 g/mol. The fourth-order valence-corrected chi connectivity index (χ4v) is 8.74. The summed E-state index contributed by atoms with van der Waals surface area (Å²) in [5, 5.41) is 139. The summed E-state index contributed by atoms with van der Waals surface area (Å²) >= 11 is 0. The minimum absolute atomic E-state index is 0.00957. The Hall–Kier alpha value is -7.28. The number of ether oxygens (including phenoxy) is 11. The molecule has 0 aromatic heterocycles. The molecule has 3 saturated heterocycles. The highest BCUT2D eigenvalue weighted by atomic mass is 16.8. The molecule has 0 aliphatic carbocycles. The van der Waals surface area contributed by atoms with E-state index < -0.39 is 136 Å². The first-order chi connectivity index (χ1) is 37.8. The Labute approximate surface area is 448 Å². The van der Waals surface area contributed by atoms with Gasteiger partial charge in [-0.3, -0.25) is 0 Å². The monoisotopic (exact) mass is 1110 g/mol. The van der Waals surface area contributed by atoms with Gasteiger partial charge in [-0.2, -0.15) is 0 Å².